The van der Waals surface area contributed by atoms with E-state index >= 15 is 0 Å². The molecule has 1 atom stereocenters. The standard InChI is InChI=1S/C13H16ClN/c1-4-6-13(15-5-2)11-8-7-10(3)9-12(11)14/h1,7-9,13,15H,5-6H2,2-3H3. The highest BCUT2D eigenvalue weighted by atomic mass is 35.5. The summed E-state index contributed by atoms with van der Waals surface area (Å²) in [6, 6.07) is 6.23. The summed E-state index contributed by atoms with van der Waals surface area (Å²) in [5, 5.41) is 4.12. The fourth-order valence-electron chi connectivity index (χ4n) is 1.57. The lowest BCUT2D eigenvalue weighted by molar-refractivity contribution is 0.565. The molecule has 0 radical (unpaired) electrons. The van der Waals surface area contributed by atoms with Crippen LogP contribution in [0.15, 0.2) is 18.2 Å². The van der Waals surface area contributed by atoms with Gasteiger partial charge in [0.1, 0.15) is 0 Å². The Morgan fingerprint density at radius 1 is 1.53 bits per heavy atom. The van der Waals surface area contributed by atoms with E-state index in [1.165, 1.54) is 5.56 Å². The van der Waals surface area contributed by atoms with E-state index < -0.39 is 0 Å². The Morgan fingerprint density at radius 3 is 2.80 bits per heavy atom. The maximum absolute atomic E-state index is 6.19. The van der Waals surface area contributed by atoms with Gasteiger partial charge in [-0.1, -0.05) is 30.7 Å². The van der Waals surface area contributed by atoms with Crippen LogP contribution in [0.5, 0.6) is 0 Å². The van der Waals surface area contributed by atoms with Gasteiger partial charge in [0.25, 0.3) is 0 Å². The maximum Gasteiger partial charge on any atom is 0.0456 e. The fraction of sp³-hybridized carbons (Fsp3) is 0.385. The number of halogens is 1. The fourth-order valence-corrected chi connectivity index (χ4v) is 1.94. The lowest BCUT2D eigenvalue weighted by Gasteiger charge is -2.17. The van der Waals surface area contributed by atoms with Gasteiger partial charge in [-0.15, -0.1) is 12.3 Å². The van der Waals surface area contributed by atoms with Gasteiger partial charge < -0.3 is 5.32 Å². The molecule has 1 aromatic carbocycles. The van der Waals surface area contributed by atoms with Crippen LogP contribution in [0.2, 0.25) is 5.02 Å². The van der Waals surface area contributed by atoms with E-state index in [1.807, 2.05) is 19.1 Å². The number of aryl methyl sites for hydroxylation is 1. The van der Waals surface area contributed by atoms with E-state index in [0.29, 0.717) is 6.42 Å². The predicted molar refractivity (Wildman–Crippen MR) is 66.1 cm³/mol. The van der Waals surface area contributed by atoms with Crippen LogP contribution in [-0.4, -0.2) is 6.54 Å². The first-order valence-electron chi connectivity index (χ1n) is 5.12. The Bertz CT molecular complexity index is 365. The van der Waals surface area contributed by atoms with Gasteiger partial charge in [-0.3, -0.25) is 0 Å². The Morgan fingerprint density at radius 2 is 2.27 bits per heavy atom. The summed E-state index contributed by atoms with van der Waals surface area (Å²) < 4.78 is 0. The highest BCUT2D eigenvalue weighted by Crippen LogP contribution is 2.25. The van der Waals surface area contributed by atoms with Crippen molar-refractivity contribution in [2.75, 3.05) is 6.54 Å². The molecule has 1 unspecified atom stereocenters. The zero-order valence-electron chi connectivity index (χ0n) is 9.18. The van der Waals surface area contributed by atoms with Gasteiger partial charge in [-0.25, -0.2) is 0 Å². The topological polar surface area (TPSA) is 12.0 Å². The molecular weight excluding hydrogens is 206 g/mol. The zero-order chi connectivity index (χ0) is 11.3. The first-order valence-corrected chi connectivity index (χ1v) is 5.49. The number of terminal acetylenes is 1. The van der Waals surface area contributed by atoms with Gasteiger partial charge in [0.2, 0.25) is 0 Å². The van der Waals surface area contributed by atoms with Gasteiger partial charge in [0.15, 0.2) is 0 Å². The minimum atomic E-state index is 0.160. The minimum Gasteiger partial charge on any atom is -0.309 e. The number of hydrogen-bond donors (Lipinski definition) is 1. The molecule has 1 N–H and O–H groups in total. The number of rotatable bonds is 4. The molecule has 0 saturated carbocycles. The van der Waals surface area contributed by atoms with E-state index in [9.17, 15) is 0 Å². The van der Waals surface area contributed by atoms with Crippen LogP contribution in [0, 0.1) is 19.3 Å². The second kappa shape index (κ2) is 5.80. The quantitative estimate of drug-likeness (QED) is 0.770. The normalized spacial score (nSPS) is 12.1. The molecule has 80 valence electrons. The summed E-state index contributed by atoms with van der Waals surface area (Å²) in [5.41, 5.74) is 2.25. The molecule has 0 aliphatic rings. The highest BCUT2D eigenvalue weighted by Gasteiger charge is 2.12. The Hall–Kier alpha value is -0.970. The van der Waals surface area contributed by atoms with Crippen LogP contribution in [0.4, 0.5) is 0 Å². The van der Waals surface area contributed by atoms with Crippen LogP contribution in [0.3, 0.4) is 0 Å². The molecular formula is C13H16ClN. The highest BCUT2D eigenvalue weighted by molar-refractivity contribution is 6.31. The summed E-state index contributed by atoms with van der Waals surface area (Å²) in [4.78, 5) is 0. The molecule has 0 bridgehead atoms. The van der Waals surface area contributed by atoms with Gasteiger partial charge in [0.05, 0.1) is 0 Å². The minimum absolute atomic E-state index is 0.160. The molecule has 1 nitrogen and oxygen atoms in total. The lowest BCUT2D eigenvalue weighted by atomic mass is 10.0. The summed E-state index contributed by atoms with van der Waals surface area (Å²) >= 11 is 6.19. The molecule has 1 rings (SSSR count). The van der Waals surface area contributed by atoms with Crippen molar-refractivity contribution in [3.05, 3.63) is 34.3 Å². The van der Waals surface area contributed by atoms with Gasteiger partial charge in [0, 0.05) is 17.5 Å². The van der Waals surface area contributed by atoms with Crippen LogP contribution in [-0.2, 0) is 0 Å². The first-order chi connectivity index (χ1) is 7.19. The molecule has 0 aromatic heterocycles. The molecule has 0 spiro atoms. The third kappa shape index (κ3) is 3.27. The second-order valence-corrected chi connectivity index (χ2v) is 3.95. The van der Waals surface area contributed by atoms with Crippen molar-refractivity contribution in [1.29, 1.82) is 0 Å². The van der Waals surface area contributed by atoms with Crippen molar-refractivity contribution >= 4 is 11.6 Å². The largest absolute Gasteiger partial charge is 0.309 e. The first kappa shape index (κ1) is 12.1. The van der Waals surface area contributed by atoms with Crippen molar-refractivity contribution in [3.63, 3.8) is 0 Å². The molecule has 0 saturated heterocycles. The van der Waals surface area contributed by atoms with Gasteiger partial charge in [-0.2, -0.15) is 0 Å². The Balaban J connectivity index is 2.95. The maximum atomic E-state index is 6.19. The summed E-state index contributed by atoms with van der Waals surface area (Å²) in [7, 11) is 0. The average Bonchev–Trinajstić information content (AvgIpc) is 2.17. The monoisotopic (exact) mass is 221 g/mol. The van der Waals surface area contributed by atoms with E-state index in [4.69, 9.17) is 18.0 Å². The summed E-state index contributed by atoms with van der Waals surface area (Å²) in [6.07, 6.45) is 6.01. The lowest BCUT2D eigenvalue weighted by Crippen LogP contribution is -2.20. The van der Waals surface area contributed by atoms with Crippen LogP contribution in [0.25, 0.3) is 0 Å². The number of nitrogens with one attached hydrogen (secondary N) is 1. The van der Waals surface area contributed by atoms with Gasteiger partial charge >= 0.3 is 0 Å². The Kier molecular flexibility index (Phi) is 4.68. The summed E-state index contributed by atoms with van der Waals surface area (Å²) in [5.74, 6) is 2.67. The van der Waals surface area contributed by atoms with E-state index in [2.05, 4.69) is 24.2 Å². The third-order valence-corrected chi connectivity index (χ3v) is 2.63. The molecule has 0 fully saturated rings. The van der Waals surface area contributed by atoms with Crippen molar-refractivity contribution in [3.8, 4) is 12.3 Å². The van der Waals surface area contributed by atoms with E-state index in [-0.39, 0.29) is 6.04 Å². The molecule has 1 aromatic rings. The van der Waals surface area contributed by atoms with Gasteiger partial charge in [-0.05, 0) is 30.7 Å². The number of hydrogen-bond acceptors (Lipinski definition) is 1. The van der Waals surface area contributed by atoms with Crippen LogP contribution in [0.1, 0.15) is 30.5 Å². The molecule has 0 aliphatic heterocycles. The van der Waals surface area contributed by atoms with Crippen molar-refractivity contribution < 1.29 is 0 Å². The van der Waals surface area contributed by atoms with Crippen molar-refractivity contribution in [2.24, 2.45) is 0 Å². The second-order valence-electron chi connectivity index (χ2n) is 3.54. The zero-order valence-corrected chi connectivity index (χ0v) is 9.93. The predicted octanol–water partition coefficient (Wildman–Crippen LogP) is 3.32. The number of benzene rings is 1. The smallest absolute Gasteiger partial charge is 0.0456 e. The van der Waals surface area contributed by atoms with E-state index in [0.717, 1.165) is 17.1 Å². The van der Waals surface area contributed by atoms with Crippen molar-refractivity contribution in [1.82, 2.24) is 5.32 Å². The van der Waals surface area contributed by atoms with Crippen LogP contribution < -0.4 is 5.32 Å². The Labute approximate surface area is 96.8 Å². The average molecular weight is 222 g/mol. The SMILES string of the molecule is C#CCC(NCC)c1ccc(C)cc1Cl. The molecule has 15 heavy (non-hydrogen) atoms. The molecule has 2 heteroatoms. The molecule has 0 amide bonds. The molecule has 0 aliphatic carbocycles. The van der Waals surface area contributed by atoms with Crippen molar-refractivity contribution in [2.45, 2.75) is 26.3 Å². The summed E-state index contributed by atoms with van der Waals surface area (Å²) in [6.45, 7) is 4.97. The van der Waals surface area contributed by atoms with E-state index in [1.54, 1.807) is 0 Å². The molecule has 0 heterocycles. The third-order valence-electron chi connectivity index (χ3n) is 2.30. The van der Waals surface area contributed by atoms with Crippen LogP contribution >= 0.6 is 11.6 Å².